The van der Waals surface area contributed by atoms with Gasteiger partial charge in [0.25, 0.3) is 0 Å². The van der Waals surface area contributed by atoms with Crippen LogP contribution in [0, 0.1) is 0 Å². The Kier molecular flexibility index (Phi) is 6.73. The number of benzene rings is 4. The van der Waals surface area contributed by atoms with Gasteiger partial charge in [-0.15, -0.1) is 0 Å². The van der Waals surface area contributed by atoms with Gasteiger partial charge in [-0.25, -0.2) is 0 Å². The lowest BCUT2D eigenvalue weighted by Crippen LogP contribution is -2.26. The van der Waals surface area contributed by atoms with Crippen molar-refractivity contribution in [3.63, 3.8) is 0 Å². The monoisotopic (exact) mass is 424 g/mol. The molecule has 3 N–H and O–H groups in total. The number of methoxy groups -OCH3 is 2. The third-order valence-electron chi connectivity index (χ3n) is 5.60. The van der Waals surface area contributed by atoms with E-state index in [1.807, 2.05) is 66.7 Å². The Morgan fingerprint density at radius 3 is 1.78 bits per heavy atom. The average Bonchev–Trinajstić information content (AvgIpc) is 2.87. The largest absolute Gasteiger partial charge is 0.497 e. The Morgan fingerprint density at radius 1 is 0.656 bits per heavy atom. The topological polar surface area (TPSA) is 56.5 Å². The van der Waals surface area contributed by atoms with Crippen LogP contribution in [0.3, 0.4) is 0 Å². The van der Waals surface area contributed by atoms with Crippen LogP contribution in [0.25, 0.3) is 11.1 Å². The van der Waals surface area contributed by atoms with Gasteiger partial charge < -0.3 is 20.5 Å². The Hall–Kier alpha value is -3.76. The highest BCUT2D eigenvalue weighted by Crippen LogP contribution is 2.37. The second kappa shape index (κ2) is 10.0. The molecule has 32 heavy (non-hydrogen) atoms. The van der Waals surface area contributed by atoms with Gasteiger partial charge in [-0.3, -0.25) is 0 Å². The van der Waals surface area contributed by atoms with Crippen LogP contribution in [-0.4, -0.2) is 14.2 Å². The van der Waals surface area contributed by atoms with E-state index in [1.54, 1.807) is 14.2 Å². The molecule has 0 aromatic heterocycles. The number of nitrogens with two attached hydrogens (primary N) is 1. The zero-order valence-electron chi connectivity index (χ0n) is 18.4. The molecule has 0 aliphatic heterocycles. The van der Waals surface area contributed by atoms with Crippen molar-refractivity contribution in [3.8, 4) is 22.6 Å². The summed E-state index contributed by atoms with van der Waals surface area (Å²) in [5.41, 5.74) is 12.0. The highest BCUT2D eigenvalue weighted by molar-refractivity contribution is 5.80. The highest BCUT2D eigenvalue weighted by atomic mass is 16.5. The average molecular weight is 425 g/mol. The van der Waals surface area contributed by atoms with E-state index in [4.69, 9.17) is 15.2 Å². The van der Waals surface area contributed by atoms with Gasteiger partial charge in [0.1, 0.15) is 11.5 Å². The second-order valence-corrected chi connectivity index (χ2v) is 7.62. The van der Waals surface area contributed by atoms with Crippen LogP contribution in [-0.2, 0) is 0 Å². The van der Waals surface area contributed by atoms with E-state index < -0.39 is 0 Å². The summed E-state index contributed by atoms with van der Waals surface area (Å²) in [5.74, 6) is 1.49. The second-order valence-electron chi connectivity index (χ2n) is 7.62. The van der Waals surface area contributed by atoms with Gasteiger partial charge in [0.15, 0.2) is 0 Å². The fourth-order valence-electron chi connectivity index (χ4n) is 3.90. The molecule has 0 heterocycles. The predicted octanol–water partition coefficient (Wildman–Crippen LogP) is 6.22. The molecule has 0 unspecified atom stereocenters. The molecule has 0 aliphatic carbocycles. The van der Waals surface area contributed by atoms with Crippen molar-refractivity contribution >= 4 is 5.69 Å². The quantitative estimate of drug-likeness (QED) is 0.352. The Balaban J connectivity index is 1.76. The maximum atomic E-state index is 6.80. The smallest absolute Gasteiger partial charge is 0.123 e. The standard InChI is InChI=1S/C28H28N2O2/c1-31-23-17-22(18-24(19-23)32-2)25-15-9-10-16-26(25)30-28(21-13-7-4-8-14-21)27(29)20-11-5-3-6-12-20/h3-19,27-28,30H,29H2,1-2H3/t27-,28-/m0/s1. The van der Waals surface area contributed by atoms with Crippen LogP contribution in [0.2, 0.25) is 0 Å². The number of para-hydroxylation sites is 1. The molecule has 162 valence electrons. The van der Waals surface area contributed by atoms with Gasteiger partial charge in [-0.1, -0.05) is 78.9 Å². The summed E-state index contributed by atoms with van der Waals surface area (Å²) in [6.45, 7) is 0. The minimum atomic E-state index is -0.230. The Labute approximate surface area is 189 Å². The fraction of sp³-hybridized carbons (Fsp3) is 0.143. The first kappa shape index (κ1) is 21.5. The van der Waals surface area contributed by atoms with E-state index in [0.717, 1.165) is 39.4 Å². The first-order chi connectivity index (χ1) is 15.7. The molecule has 0 bridgehead atoms. The first-order valence-electron chi connectivity index (χ1n) is 10.6. The lowest BCUT2D eigenvalue weighted by atomic mass is 9.93. The molecule has 0 amide bonds. The van der Waals surface area contributed by atoms with Gasteiger partial charge in [0.05, 0.1) is 26.3 Å². The summed E-state index contributed by atoms with van der Waals surface area (Å²) in [4.78, 5) is 0. The minimum Gasteiger partial charge on any atom is -0.497 e. The molecule has 2 atom stereocenters. The molecular weight excluding hydrogens is 396 g/mol. The van der Waals surface area contributed by atoms with Crippen molar-refractivity contribution in [2.24, 2.45) is 5.73 Å². The third kappa shape index (κ3) is 4.76. The summed E-state index contributed by atoms with van der Waals surface area (Å²) in [6.07, 6.45) is 0. The lowest BCUT2D eigenvalue weighted by Gasteiger charge is -2.28. The van der Waals surface area contributed by atoms with Crippen molar-refractivity contribution < 1.29 is 9.47 Å². The molecule has 4 aromatic carbocycles. The molecular formula is C28H28N2O2. The summed E-state index contributed by atoms with van der Waals surface area (Å²) in [7, 11) is 3.32. The number of nitrogens with one attached hydrogen (secondary N) is 1. The van der Waals surface area contributed by atoms with Crippen LogP contribution in [0.5, 0.6) is 11.5 Å². The van der Waals surface area contributed by atoms with Crippen LogP contribution in [0.15, 0.2) is 103 Å². The summed E-state index contributed by atoms with van der Waals surface area (Å²) < 4.78 is 11.0. The highest BCUT2D eigenvalue weighted by Gasteiger charge is 2.22. The molecule has 0 saturated heterocycles. The van der Waals surface area contributed by atoms with Gasteiger partial charge in [0.2, 0.25) is 0 Å². The number of hydrogen-bond donors (Lipinski definition) is 2. The maximum Gasteiger partial charge on any atom is 0.123 e. The molecule has 4 aromatic rings. The molecule has 0 saturated carbocycles. The SMILES string of the molecule is COc1cc(OC)cc(-c2ccccc2N[C@@H](c2ccccc2)[C@@H](N)c2ccccc2)c1. The molecule has 4 heteroatoms. The molecule has 0 spiro atoms. The predicted molar refractivity (Wildman–Crippen MR) is 131 cm³/mol. The number of rotatable bonds is 8. The van der Waals surface area contributed by atoms with Gasteiger partial charge in [0, 0.05) is 17.3 Å². The lowest BCUT2D eigenvalue weighted by molar-refractivity contribution is 0.394. The van der Waals surface area contributed by atoms with Crippen LogP contribution < -0.4 is 20.5 Å². The van der Waals surface area contributed by atoms with E-state index >= 15 is 0 Å². The normalized spacial score (nSPS) is 12.6. The van der Waals surface area contributed by atoms with Crippen LogP contribution in [0.4, 0.5) is 5.69 Å². The summed E-state index contributed by atoms with van der Waals surface area (Å²) >= 11 is 0. The van der Waals surface area contributed by atoms with E-state index in [9.17, 15) is 0 Å². The van der Waals surface area contributed by atoms with Crippen LogP contribution >= 0.6 is 0 Å². The molecule has 0 aliphatic rings. The fourth-order valence-corrected chi connectivity index (χ4v) is 3.90. The molecule has 4 rings (SSSR count). The molecule has 0 fully saturated rings. The van der Waals surface area contributed by atoms with Gasteiger partial charge in [-0.05, 0) is 34.9 Å². The van der Waals surface area contributed by atoms with E-state index in [1.165, 1.54) is 0 Å². The molecule has 0 radical (unpaired) electrons. The van der Waals surface area contributed by atoms with Crippen molar-refractivity contribution in [1.29, 1.82) is 0 Å². The summed E-state index contributed by atoms with van der Waals surface area (Å²) in [5, 5.41) is 3.73. The van der Waals surface area contributed by atoms with Crippen molar-refractivity contribution in [2.75, 3.05) is 19.5 Å². The third-order valence-corrected chi connectivity index (χ3v) is 5.60. The molecule has 4 nitrogen and oxygen atoms in total. The first-order valence-corrected chi connectivity index (χ1v) is 10.6. The van der Waals surface area contributed by atoms with E-state index in [-0.39, 0.29) is 12.1 Å². The summed E-state index contributed by atoms with van der Waals surface area (Å²) in [6, 6.07) is 34.3. The van der Waals surface area contributed by atoms with Gasteiger partial charge in [-0.2, -0.15) is 0 Å². The Bertz CT molecular complexity index is 1120. The zero-order valence-corrected chi connectivity index (χ0v) is 18.4. The van der Waals surface area contributed by atoms with E-state index in [0.29, 0.717) is 0 Å². The van der Waals surface area contributed by atoms with E-state index in [2.05, 4.69) is 41.7 Å². The maximum absolute atomic E-state index is 6.80. The van der Waals surface area contributed by atoms with Crippen molar-refractivity contribution in [3.05, 3.63) is 114 Å². The number of anilines is 1. The number of hydrogen-bond acceptors (Lipinski definition) is 4. The zero-order chi connectivity index (χ0) is 22.3. The van der Waals surface area contributed by atoms with Crippen molar-refractivity contribution in [2.45, 2.75) is 12.1 Å². The Morgan fingerprint density at radius 2 is 1.19 bits per heavy atom. The minimum absolute atomic E-state index is 0.118. The van der Waals surface area contributed by atoms with Crippen LogP contribution in [0.1, 0.15) is 23.2 Å². The van der Waals surface area contributed by atoms with Crippen molar-refractivity contribution in [1.82, 2.24) is 0 Å². The van der Waals surface area contributed by atoms with Gasteiger partial charge >= 0.3 is 0 Å². The number of ether oxygens (including phenoxy) is 2.